The van der Waals surface area contributed by atoms with Crippen LogP contribution in [0.4, 0.5) is 11.4 Å². The number of nitrogens with one attached hydrogen (secondary N) is 1. The van der Waals surface area contributed by atoms with Crippen LogP contribution in [0.15, 0.2) is 45.9 Å². The summed E-state index contributed by atoms with van der Waals surface area (Å²) in [6.45, 7) is -0.310. The lowest BCUT2D eigenvalue weighted by Gasteiger charge is -2.10. The number of hydrogen-bond acceptors (Lipinski definition) is 5. The second kappa shape index (κ2) is 7.63. The highest BCUT2D eigenvalue weighted by molar-refractivity contribution is 9.10. The number of amides is 1. The fraction of sp³-hybridized carbons (Fsp3) is 0.0625. The molecule has 0 unspecified atom stereocenters. The summed E-state index contributed by atoms with van der Waals surface area (Å²) in [5.41, 5.74) is 0.0326. The van der Waals surface area contributed by atoms with Gasteiger partial charge in [0.25, 0.3) is 11.2 Å². The van der Waals surface area contributed by atoms with E-state index in [9.17, 15) is 19.7 Å². The number of non-ortho nitro benzene ring substituents is 1. The molecule has 3 rings (SSSR count). The number of nitrogens with zero attached hydrogens (tertiary/aromatic N) is 3. The summed E-state index contributed by atoms with van der Waals surface area (Å²) in [5.74, 6) is -0.513. The van der Waals surface area contributed by atoms with E-state index in [-0.39, 0.29) is 27.7 Å². The first-order valence-corrected chi connectivity index (χ1v) is 8.89. The van der Waals surface area contributed by atoms with Gasteiger partial charge in [-0.25, -0.2) is 4.98 Å². The Morgan fingerprint density at radius 1 is 1.30 bits per heavy atom. The summed E-state index contributed by atoms with van der Waals surface area (Å²) in [6.07, 6.45) is 1.22. The first-order valence-electron chi connectivity index (χ1n) is 7.34. The van der Waals surface area contributed by atoms with Crippen molar-refractivity contribution in [3.05, 3.63) is 71.6 Å². The topological polar surface area (TPSA) is 107 Å². The van der Waals surface area contributed by atoms with Gasteiger partial charge in [-0.05, 0) is 34.1 Å². The zero-order chi connectivity index (χ0) is 19.7. The zero-order valence-corrected chi connectivity index (χ0v) is 16.4. The SMILES string of the molecule is O=C(Cn1cnc2c(Cl)cc(Cl)cc2c1=O)Nc1ccc([N+](=O)[O-])cc1Br. The van der Waals surface area contributed by atoms with E-state index >= 15 is 0 Å². The van der Waals surface area contributed by atoms with Crippen molar-refractivity contribution in [1.82, 2.24) is 9.55 Å². The third kappa shape index (κ3) is 4.10. The molecule has 0 aliphatic heterocycles. The van der Waals surface area contributed by atoms with Crippen LogP contribution >= 0.6 is 39.1 Å². The third-order valence-electron chi connectivity index (χ3n) is 3.60. The highest BCUT2D eigenvalue weighted by atomic mass is 79.9. The maximum Gasteiger partial charge on any atom is 0.270 e. The largest absolute Gasteiger partial charge is 0.323 e. The van der Waals surface area contributed by atoms with Gasteiger partial charge in [0, 0.05) is 21.6 Å². The van der Waals surface area contributed by atoms with Crippen molar-refractivity contribution in [3.8, 4) is 0 Å². The normalized spacial score (nSPS) is 10.8. The van der Waals surface area contributed by atoms with Crippen molar-refractivity contribution in [2.24, 2.45) is 0 Å². The Morgan fingerprint density at radius 2 is 2.04 bits per heavy atom. The first-order chi connectivity index (χ1) is 12.8. The second-order valence-electron chi connectivity index (χ2n) is 5.43. The molecule has 1 aromatic heterocycles. The van der Waals surface area contributed by atoms with Gasteiger partial charge in [0.05, 0.1) is 32.9 Å². The third-order valence-corrected chi connectivity index (χ3v) is 4.76. The molecule has 27 heavy (non-hydrogen) atoms. The fourth-order valence-corrected chi connectivity index (χ4v) is 3.38. The second-order valence-corrected chi connectivity index (χ2v) is 7.13. The van der Waals surface area contributed by atoms with E-state index in [0.717, 1.165) is 4.57 Å². The van der Waals surface area contributed by atoms with E-state index in [1.807, 2.05) is 0 Å². The van der Waals surface area contributed by atoms with Crippen molar-refractivity contribution in [2.45, 2.75) is 6.54 Å². The Labute approximate surface area is 170 Å². The number of fused-ring (bicyclic) bond motifs is 1. The summed E-state index contributed by atoms with van der Waals surface area (Å²) in [4.78, 5) is 39.1. The lowest BCUT2D eigenvalue weighted by molar-refractivity contribution is -0.384. The Hall–Kier alpha value is -2.49. The van der Waals surface area contributed by atoms with Gasteiger partial charge in [-0.3, -0.25) is 24.3 Å². The number of benzene rings is 2. The molecule has 0 spiro atoms. The van der Waals surface area contributed by atoms with Crippen molar-refractivity contribution in [2.75, 3.05) is 5.32 Å². The molecule has 8 nitrogen and oxygen atoms in total. The van der Waals surface area contributed by atoms with E-state index < -0.39 is 16.4 Å². The van der Waals surface area contributed by atoms with Gasteiger partial charge in [-0.1, -0.05) is 23.2 Å². The average Bonchev–Trinajstić information content (AvgIpc) is 2.59. The highest BCUT2D eigenvalue weighted by Crippen LogP contribution is 2.27. The molecule has 1 heterocycles. The number of carbonyl (C=O) groups excluding carboxylic acids is 1. The van der Waals surface area contributed by atoms with Gasteiger partial charge in [0.1, 0.15) is 6.54 Å². The molecule has 0 atom stereocenters. The molecule has 0 aliphatic rings. The van der Waals surface area contributed by atoms with E-state index in [4.69, 9.17) is 23.2 Å². The van der Waals surface area contributed by atoms with Crippen LogP contribution in [-0.4, -0.2) is 20.4 Å². The monoisotopic (exact) mass is 470 g/mol. The van der Waals surface area contributed by atoms with Crippen molar-refractivity contribution in [3.63, 3.8) is 0 Å². The number of hydrogen-bond donors (Lipinski definition) is 1. The van der Waals surface area contributed by atoms with Crippen molar-refractivity contribution >= 4 is 67.3 Å². The van der Waals surface area contributed by atoms with Crippen LogP contribution in [-0.2, 0) is 11.3 Å². The molecule has 2 aromatic carbocycles. The number of carbonyl (C=O) groups is 1. The van der Waals surface area contributed by atoms with Gasteiger partial charge in [-0.15, -0.1) is 0 Å². The minimum Gasteiger partial charge on any atom is -0.323 e. The molecule has 0 fully saturated rings. The van der Waals surface area contributed by atoms with Gasteiger partial charge in [0.15, 0.2) is 0 Å². The minimum atomic E-state index is -0.549. The van der Waals surface area contributed by atoms with E-state index in [0.29, 0.717) is 15.7 Å². The molecular weight excluding hydrogens is 463 g/mol. The number of halogens is 3. The van der Waals surface area contributed by atoms with Gasteiger partial charge in [0.2, 0.25) is 5.91 Å². The smallest absolute Gasteiger partial charge is 0.270 e. The molecule has 1 N–H and O–H groups in total. The molecule has 0 bridgehead atoms. The fourth-order valence-electron chi connectivity index (χ4n) is 2.37. The van der Waals surface area contributed by atoms with Crippen LogP contribution in [0.5, 0.6) is 0 Å². The molecule has 0 saturated carbocycles. The molecule has 0 aliphatic carbocycles. The maximum absolute atomic E-state index is 12.5. The lowest BCUT2D eigenvalue weighted by atomic mass is 10.2. The predicted molar refractivity (Wildman–Crippen MR) is 105 cm³/mol. The molecule has 3 aromatic rings. The van der Waals surface area contributed by atoms with Crippen LogP contribution in [0.1, 0.15) is 0 Å². The van der Waals surface area contributed by atoms with Crippen LogP contribution in [0.3, 0.4) is 0 Å². The average molecular weight is 472 g/mol. The molecular formula is C16H9BrCl2N4O4. The molecule has 1 amide bonds. The van der Waals surface area contributed by atoms with Crippen LogP contribution in [0.25, 0.3) is 10.9 Å². The summed E-state index contributed by atoms with van der Waals surface area (Å²) >= 11 is 15.1. The lowest BCUT2D eigenvalue weighted by Crippen LogP contribution is -2.28. The van der Waals surface area contributed by atoms with E-state index in [2.05, 4.69) is 26.2 Å². The van der Waals surface area contributed by atoms with Crippen LogP contribution in [0, 0.1) is 10.1 Å². The number of aromatic nitrogens is 2. The van der Waals surface area contributed by atoms with E-state index in [1.54, 1.807) is 0 Å². The standard InChI is InChI=1S/C16H9BrCl2N4O4/c17-11-5-9(23(26)27)1-2-13(11)21-14(24)6-22-7-20-15-10(16(22)25)3-8(18)4-12(15)19/h1-5,7H,6H2,(H,21,24). The number of rotatable bonds is 4. The van der Waals surface area contributed by atoms with Crippen molar-refractivity contribution in [1.29, 1.82) is 0 Å². The number of anilines is 1. The molecule has 0 radical (unpaired) electrons. The predicted octanol–water partition coefficient (Wildman–Crippen LogP) is 4.01. The maximum atomic E-state index is 12.5. The van der Waals surface area contributed by atoms with Gasteiger partial charge in [-0.2, -0.15) is 0 Å². The first kappa shape index (κ1) is 19.3. The number of nitro benzene ring substituents is 1. The Balaban J connectivity index is 1.85. The highest BCUT2D eigenvalue weighted by Gasteiger charge is 2.14. The summed E-state index contributed by atoms with van der Waals surface area (Å²) in [5, 5.41) is 14.0. The van der Waals surface area contributed by atoms with Crippen LogP contribution < -0.4 is 10.9 Å². The van der Waals surface area contributed by atoms with Gasteiger partial charge >= 0.3 is 0 Å². The molecule has 11 heteroatoms. The summed E-state index contributed by atoms with van der Waals surface area (Å²) < 4.78 is 1.46. The van der Waals surface area contributed by atoms with E-state index in [1.165, 1.54) is 36.7 Å². The quantitative estimate of drug-likeness (QED) is 0.456. The molecule has 0 saturated heterocycles. The number of nitro groups is 1. The Morgan fingerprint density at radius 3 is 2.70 bits per heavy atom. The Bertz CT molecular complexity index is 1150. The summed E-state index contributed by atoms with van der Waals surface area (Å²) in [7, 11) is 0. The van der Waals surface area contributed by atoms with Gasteiger partial charge < -0.3 is 5.32 Å². The zero-order valence-electron chi connectivity index (χ0n) is 13.3. The summed E-state index contributed by atoms with van der Waals surface area (Å²) in [6, 6.07) is 6.82. The van der Waals surface area contributed by atoms with Crippen molar-refractivity contribution < 1.29 is 9.72 Å². The Kier molecular flexibility index (Phi) is 5.45. The minimum absolute atomic E-state index is 0.122. The van der Waals surface area contributed by atoms with Crippen LogP contribution in [0.2, 0.25) is 10.0 Å². The molecule has 138 valence electrons.